The van der Waals surface area contributed by atoms with E-state index < -0.39 is 5.97 Å². The Hall–Kier alpha value is -2.08. The van der Waals surface area contributed by atoms with Gasteiger partial charge in [0.15, 0.2) is 11.5 Å². The normalized spacial score (nSPS) is 30.8. The van der Waals surface area contributed by atoms with E-state index in [9.17, 15) is 19.8 Å². The summed E-state index contributed by atoms with van der Waals surface area (Å²) in [4.78, 5) is 24.8. The lowest BCUT2D eigenvalue weighted by molar-refractivity contribution is -0.137. The SMILES string of the molecule is CCCC(=O)Oc1c(O)cc2c(c1OC(=O)CCC)[C@H]1CC[C@]3(C)[C@@H](O)CC[C@H]3[C@H]1CC2. The molecule has 4 rings (SSSR count). The van der Waals surface area contributed by atoms with Crippen LogP contribution >= 0.6 is 0 Å². The van der Waals surface area contributed by atoms with Crippen LogP contribution in [0.15, 0.2) is 6.07 Å². The van der Waals surface area contributed by atoms with Gasteiger partial charge in [-0.05, 0) is 86.2 Å². The Kier molecular flexibility index (Phi) is 6.53. The van der Waals surface area contributed by atoms with Gasteiger partial charge in [-0.15, -0.1) is 0 Å². The van der Waals surface area contributed by atoms with E-state index in [1.165, 1.54) is 0 Å². The Morgan fingerprint density at radius 3 is 2.34 bits per heavy atom. The fourth-order valence-corrected chi connectivity index (χ4v) is 6.59. The molecular weight excluding hydrogens is 408 g/mol. The molecule has 3 aliphatic carbocycles. The molecule has 6 heteroatoms. The van der Waals surface area contributed by atoms with Gasteiger partial charge in [-0.3, -0.25) is 9.59 Å². The van der Waals surface area contributed by atoms with E-state index >= 15 is 0 Å². The van der Waals surface area contributed by atoms with Crippen LogP contribution in [0.2, 0.25) is 0 Å². The second-order valence-corrected chi connectivity index (χ2v) is 10.1. The van der Waals surface area contributed by atoms with E-state index in [0.29, 0.717) is 24.7 Å². The predicted octanol–water partition coefficient (Wildman–Crippen LogP) is 5.02. The van der Waals surface area contributed by atoms with Crippen molar-refractivity contribution < 1.29 is 29.3 Å². The molecule has 176 valence electrons. The molecule has 6 nitrogen and oxygen atoms in total. The van der Waals surface area contributed by atoms with Gasteiger partial charge in [0.25, 0.3) is 0 Å². The van der Waals surface area contributed by atoms with Gasteiger partial charge in [-0.1, -0.05) is 20.8 Å². The first kappa shape index (κ1) is 23.1. The van der Waals surface area contributed by atoms with Gasteiger partial charge in [0.1, 0.15) is 0 Å². The average molecular weight is 445 g/mol. The zero-order chi connectivity index (χ0) is 23.0. The third kappa shape index (κ3) is 3.91. The Labute approximate surface area is 190 Å². The first-order valence-electron chi connectivity index (χ1n) is 12.3. The fraction of sp³-hybridized carbons (Fsp3) is 0.692. The smallest absolute Gasteiger partial charge is 0.311 e. The molecule has 2 fully saturated rings. The second kappa shape index (κ2) is 9.05. The molecule has 0 amide bonds. The number of rotatable bonds is 6. The minimum atomic E-state index is -0.446. The number of ether oxygens (including phenoxy) is 2. The van der Waals surface area contributed by atoms with E-state index in [0.717, 1.165) is 49.7 Å². The first-order valence-corrected chi connectivity index (χ1v) is 12.3. The molecule has 5 atom stereocenters. The number of hydrogen-bond acceptors (Lipinski definition) is 6. The number of aromatic hydroxyl groups is 1. The number of carbonyl (C=O) groups is 2. The van der Waals surface area contributed by atoms with Crippen LogP contribution in [0.4, 0.5) is 0 Å². The average Bonchev–Trinajstić information content (AvgIpc) is 3.05. The summed E-state index contributed by atoms with van der Waals surface area (Å²) in [7, 11) is 0. The zero-order valence-corrected chi connectivity index (χ0v) is 19.5. The highest BCUT2D eigenvalue weighted by Crippen LogP contribution is 2.63. The number of hydrogen-bond donors (Lipinski definition) is 2. The van der Waals surface area contributed by atoms with E-state index in [4.69, 9.17) is 9.47 Å². The minimum absolute atomic E-state index is 0.0212. The van der Waals surface area contributed by atoms with E-state index in [1.54, 1.807) is 6.07 Å². The van der Waals surface area contributed by atoms with Crippen LogP contribution in [0.3, 0.4) is 0 Å². The molecule has 0 unspecified atom stereocenters. The molecular formula is C26H36O6. The van der Waals surface area contributed by atoms with E-state index in [1.807, 2.05) is 13.8 Å². The molecule has 0 aromatic heterocycles. The first-order chi connectivity index (χ1) is 15.3. The third-order valence-corrected chi connectivity index (χ3v) is 8.19. The van der Waals surface area contributed by atoms with Gasteiger partial charge in [0.2, 0.25) is 5.75 Å². The number of carbonyl (C=O) groups excluding carboxylic acids is 2. The van der Waals surface area contributed by atoms with Crippen LogP contribution in [0, 0.1) is 17.3 Å². The fourth-order valence-electron chi connectivity index (χ4n) is 6.59. The van der Waals surface area contributed by atoms with Gasteiger partial charge in [0.05, 0.1) is 6.10 Å². The molecule has 1 aromatic carbocycles. The number of aliphatic hydroxyl groups excluding tert-OH is 1. The highest BCUT2D eigenvalue weighted by Gasteiger charge is 2.55. The topological polar surface area (TPSA) is 93.1 Å². The molecule has 3 aliphatic rings. The Bertz CT molecular complexity index is 893. The van der Waals surface area contributed by atoms with E-state index in [-0.39, 0.29) is 53.5 Å². The van der Waals surface area contributed by atoms with Crippen LogP contribution < -0.4 is 9.47 Å². The molecule has 0 bridgehead atoms. The van der Waals surface area contributed by atoms with Crippen LogP contribution in [-0.4, -0.2) is 28.3 Å². The molecule has 0 aliphatic heterocycles. The summed E-state index contributed by atoms with van der Waals surface area (Å²) >= 11 is 0. The van der Waals surface area contributed by atoms with Gasteiger partial charge in [-0.2, -0.15) is 0 Å². The summed E-state index contributed by atoms with van der Waals surface area (Å²) in [6.45, 7) is 6.01. The van der Waals surface area contributed by atoms with Crippen molar-refractivity contribution in [3.05, 3.63) is 17.2 Å². The Balaban J connectivity index is 1.78. The van der Waals surface area contributed by atoms with Gasteiger partial charge < -0.3 is 19.7 Å². The molecule has 0 radical (unpaired) electrons. The van der Waals surface area contributed by atoms with Crippen molar-refractivity contribution in [1.29, 1.82) is 0 Å². The predicted molar refractivity (Wildman–Crippen MR) is 120 cm³/mol. The summed E-state index contributed by atoms with van der Waals surface area (Å²) in [5.41, 5.74) is 1.83. The lowest BCUT2D eigenvalue weighted by Crippen LogP contribution is -2.44. The summed E-state index contributed by atoms with van der Waals surface area (Å²) in [6, 6.07) is 1.69. The summed E-state index contributed by atoms with van der Waals surface area (Å²) in [5, 5.41) is 21.4. The minimum Gasteiger partial charge on any atom is -0.504 e. The molecule has 2 saturated carbocycles. The van der Waals surface area contributed by atoms with Crippen molar-refractivity contribution in [2.45, 2.75) is 97.0 Å². The molecule has 32 heavy (non-hydrogen) atoms. The standard InChI is InChI=1S/C26H36O6/c1-4-6-21(29)31-24-19(27)14-15-8-9-16-17(23(15)25(24)32-22(30)7-5-2)12-13-26(3)18(16)10-11-20(26)28/h14,16-18,20,27-28H,4-13H2,1-3H3/t16-,17-,18-,20-,26-/m0/s1. The maximum Gasteiger partial charge on any atom is 0.311 e. The monoisotopic (exact) mass is 444 g/mol. The van der Waals surface area contributed by atoms with Crippen molar-refractivity contribution in [2.75, 3.05) is 0 Å². The Morgan fingerprint density at radius 2 is 1.69 bits per heavy atom. The van der Waals surface area contributed by atoms with Crippen molar-refractivity contribution >= 4 is 11.9 Å². The number of esters is 2. The number of phenolic OH excluding ortho intramolecular Hbond substituents is 1. The lowest BCUT2D eigenvalue weighted by atomic mass is 9.55. The van der Waals surface area contributed by atoms with Crippen molar-refractivity contribution in [2.24, 2.45) is 17.3 Å². The summed E-state index contributed by atoms with van der Waals surface area (Å²) < 4.78 is 11.4. The van der Waals surface area contributed by atoms with Gasteiger partial charge in [-0.25, -0.2) is 0 Å². The quantitative estimate of drug-likeness (QED) is 0.473. The lowest BCUT2D eigenvalue weighted by Gasteiger charge is -2.50. The maximum absolute atomic E-state index is 12.5. The van der Waals surface area contributed by atoms with Crippen molar-refractivity contribution in [3.63, 3.8) is 0 Å². The van der Waals surface area contributed by atoms with Gasteiger partial charge >= 0.3 is 11.9 Å². The molecule has 0 heterocycles. The van der Waals surface area contributed by atoms with Crippen LogP contribution in [0.1, 0.15) is 95.6 Å². The maximum atomic E-state index is 12.5. The highest BCUT2D eigenvalue weighted by atomic mass is 16.6. The number of aliphatic hydroxyl groups is 1. The number of phenols is 1. The number of aryl methyl sites for hydroxylation is 1. The summed E-state index contributed by atoms with van der Waals surface area (Å²) in [6.07, 6.45) is 6.90. The number of fused-ring (bicyclic) bond motifs is 5. The third-order valence-electron chi connectivity index (χ3n) is 8.19. The Morgan fingerprint density at radius 1 is 1.03 bits per heavy atom. The number of benzene rings is 1. The van der Waals surface area contributed by atoms with Crippen molar-refractivity contribution in [1.82, 2.24) is 0 Å². The van der Waals surface area contributed by atoms with Crippen LogP contribution in [0.5, 0.6) is 17.2 Å². The van der Waals surface area contributed by atoms with Crippen molar-refractivity contribution in [3.8, 4) is 17.2 Å². The highest BCUT2D eigenvalue weighted by molar-refractivity contribution is 5.79. The molecule has 2 N–H and O–H groups in total. The van der Waals surface area contributed by atoms with E-state index in [2.05, 4.69) is 6.92 Å². The summed E-state index contributed by atoms with van der Waals surface area (Å²) in [5.74, 6) is 0.199. The van der Waals surface area contributed by atoms with Gasteiger partial charge in [0, 0.05) is 18.4 Å². The largest absolute Gasteiger partial charge is 0.504 e. The molecule has 0 saturated heterocycles. The molecule has 1 aromatic rings. The van der Waals surface area contributed by atoms with Crippen LogP contribution in [0.25, 0.3) is 0 Å². The van der Waals surface area contributed by atoms with Crippen LogP contribution in [-0.2, 0) is 16.0 Å². The molecule has 0 spiro atoms. The second-order valence-electron chi connectivity index (χ2n) is 10.1. The zero-order valence-electron chi connectivity index (χ0n) is 19.5.